The smallest absolute Gasteiger partial charge is 0.182 e. The molecule has 1 aromatic carbocycles. The zero-order valence-corrected chi connectivity index (χ0v) is 7.54. The van der Waals surface area contributed by atoms with Gasteiger partial charge in [-0.15, -0.1) is 5.10 Å². The first-order valence-corrected chi connectivity index (χ1v) is 4.34. The molecule has 1 aromatic heterocycles. The standard InChI is InChI=1S/C9H10N4O/c14-7-6-13-9(10-11-12-13)8-4-2-1-3-5-8/h1-5,14H,6-7H2. The molecule has 0 fully saturated rings. The number of aliphatic hydroxyl groups is 1. The fraction of sp³-hybridized carbons (Fsp3) is 0.222. The Bertz CT molecular complexity index is 398. The molecule has 0 aliphatic heterocycles. The predicted molar refractivity (Wildman–Crippen MR) is 50.3 cm³/mol. The van der Waals surface area contributed by atoms with Crippen LogP contribution in [-0.2, 0) is 6.54 Å². The molecule has 0 saturated heterocycles. The first kappa shape index (κ1) is 8.83. The van der Waals surface area contributed by atoms with Crippen molar-refractivity contribution in [3.63, 3.8) is 0 Å². The van der Waals surface area contributed by atoms with E-state index in [0.29, 0.717) is 12.4 Å². The van der Waals surface area contributed by atoms with Crippen molar-refractivity contribution in [2.75, 3.05) is 6.61 Å². The lowest BCUT2D eigenvalue weighted by Crippen LogP contribution is -2.06. The van der Waals surface area contributed by atoms with Crippen LogP contribution in [0.1, 0.15) is 0 Å². The van der Waals surface area contributed by atoms with E-state index < -0.39 is 0 Å². The van der Waals surface area contributed by atoms with E-state index in [4.69, 9.17) is 5.11 Å². The minimum absolute atomic E-state index is 0.0326. The molecule has 1 N–H and O–H groups in total. The Morgan fingerprint density at radius 3 is 2.71 bits per heavy atom. The third-order valence-electron chi connectivity index (χ3n) is 1.88. The summed E-state index contributed by atoms with van der Waals surface area (Å²) in [6.45, 7) is 0.447. The summed E-state index contributed by atoms with van der Waals surface area (Å²) in [5.41, 5.74) is 0.950. The molecule has 72 valence electrons. The average Bonchev–Trinajstić information content (AvgIpc) is 2.68. The Hall–Kier alpha value is -1.75. The second-order valence-electron chi connectivity index (χ2n) is 2.82. The molecule has 14 heavy (non-hydrogen) atoms. The van der Waals surface area contributed by atoms with Crippen LogP contribution in [0.2, 0.25) is 0 Å². The molecule has 5 nitrogen and oxygen atoms in total. The molecular formula is C9H10N4O. The highest BCUT2D eigenvalue weighted by atomic mass is 16.3. The summed E-state index contributed by atoms with van der Waals surface area (Å²) in [6, 6.07) is 9.64. The van der Waals surface area contributed by atoms with Crippen molar-refractivity contribution in [2.24, 2.45) is 0 Å². The van der Waals surface area contributed by atoms with Crippen LogP contribution in [0.4, 0.5) is 0 Å². The van der Waals surface area contributed by atoms with E-state index in [-0.39, 0.29) is 6.61 Å². The molecule has 5 heteroatoms. The third-order valence-corrected chi connectivity index (χ3v) is 1.88. The number of tetrazole rings is 1. The zero-order valence-electron chi connectivity index (χ0n) is 7.54. The first-order chi connectivity index (χ1) is 6.92. The lowest BCUT2D eigenvalue weighted by Gasteiger charge is -2.01. The summed E-state index contributed by atoms with van der Waals surface area (Å²) in [7, 11) is 0. The maximum atomic E-state index is 8.79. The summed E-state index contributed by atoms with van der Waals surface area (Å²) in [4.78, 5) is 0. The van der Waals surface area contributed by atoms with E-state index in [9.17, 15) is 0 Å². The van der Waals surface area contributed by atoms with E-state index in [2.05, 4.69) is 15.5 Å². The number of aromatic nitrogens is 4. The van der Waals surface area contributed by atoms with E-state index in [1.54, 1.807) is 4.68 Å². The van der Waals surface area contributed by atoms with Crippen molar-refractivity contribution >= 4 is 0 Å². The van der Waals surface area contributed by atoms with Crippen LogP contribution in [0.15, 0.2) is 30.3 Å². The summed E-state index contributed by atoms with van der Waals surface area (Å²) < 4.78 is 1.58. The van der Waals surface area contributed by atoms with E-state index in [1.165, 1.54) is 0 Å². The molecule has 0 amide bonds. The van der Waals surface area contributed by atoms with Crippen molar-refractivity contribution < 1.29 is 5.11 Å². The Kier molecular flexibility index (Phi) is 2.51. The van der Waals surface area contributed by atoms with Gasteiger partial charge in [0, 0.05) is 5.56 Å². The SMILES string of the molecule is OCCn1nnnc1-c1ccccc1. The summed E-state index contributed by atoms with van der Waals surface area (Å²) in [5.74, 6) is 0.680. The normalized spacial score (nSPS) is 10.4. The van der Waals surface area contributed by atoms with Crippen LogP contribution in [-0.4, -0.2) is 31.9 Å². The summed E-state index contributed by atoms with van der Waals surface area (Å²) >= 11 is 0. The van der Waals surface area contributed by atoms with Crippen molar-refractivity contribution in [1.82, 2.24) is 20.2 Å². The monoisotopic (exact) mass is 190 g/mol. The summed E-state index contributed by atoms with van der Waals surface area (Å²) in [6.07, 6.45) is 0. The van der Waals surface area contributed by atoms with Gasteiger partial charge in [-0.05, 0) is 10.4 Å². The van der Waals surface area contributed by atoms with Crippen LogP contribution >= 0.6 is 0 Å². The van der Waals surface area contributed by atoms with Crippen LogP contribution in [0.25, 0.3) is 11.4 Å². The van der Waals surface area contributed by atoms with Gasteiger partial charge in [-0.3, -0.25) is 0 Å². The van der Waals surface area contributed by atoms with Crippen molar-refractivity contribution in [1.29, 1.82) is 0 Å². The predicted octanol–water partition coefficient (Wildman–Crippen LogP) is 0.332. The van der Waals surface area contributed by atoms with Crippen molar-refractivity contribution in [2.45, 2.75) is 6.54 Å². The Morgan fingerprint density at radius 1 is 1.21 bits per heavy atom. The molecule has 0 unspecified atom stereocenters. The molecular weight excluding hydrogens is 180 g/mol. The molecule has 2 rings (SSSR count). The Labute approximate surface area is 81.0 Å². The molecule has 0 aliphatic carbocycles. The maximum Gasteiger partial charge on any atom is 0.182 e. The molecule has 1 heterocycles. The van der Waals surface area contributed by atoms with Crippen molar-refractivity contribution in [3.05, 3.63) is 30.3 Å². The van der Waals surface area contributed by atoms with Crippen LogP contribution in [0.5, 0.6) is 0 Å². The number of hydrogen-bond donors (Lipinski definition) is 1. The van der Waals surface area contributed by atoms with E-state index in [0.717, 1.165) is 5.56 Å². The largest absolute Gasteiger partial charge is 0.394 e. The highest BCUT2D eigenvalue weighted by Crippen LogP contribution is 2.13. The van der Waals surface area contributed by atoms with Crippen molar-refractivity contribution in [3.8, 4) is 11.4 Å². The summed E-state index contributed by atoms with van der Waals surface area (Å²) in [5, 5.41) is 20.0. The van der Waals surface area contributed by atoms with Gasteiger partial charge in [-0.25, -0.2) is 4.68 Å². The fourth-order valence-electron chi connectivity index (χ4n) is 1.24. The Balaban J connectivity index is 2.37. The molecule has 0 spiro atoms. The van der Waals surface area contributed by atoms with E-state index >= 15 is 0 Å². The molecule has 2 aromatic rings. The highest BCUT2D eigenvalue weighted by Gasteiger charge is 2.06. The second kappa shape index (κ2) is 3.97. The number of benzene rings is 1. The number of nitrogens with zero attached hydrogens (tertiary/aromatic N) is 4. The second-order valence-corrected chi connectivity index (χ2v) is 2.82. The lowest BCUT2D eigenvalue weighted by atomic mass is 10.2. The van der Waals surface area contributed by atoms with Crippen LogP contribution < -0.4 is 0 Å². The van der Waals surface area contributed by atoms with Gasteiger partial charge in [0.05, 0.1) is 13.2 Å². The van der Waals surface area contributed by atoms with E-state index in [1.807, 2.05) is 30.3 Å². The quantitative estimate of drug-likeness (QED) is 0.757. The first-order valence-electron chi connectivity index (χ1n) is 4.34. The van der Waals surface area contributed by atoms with Gasteiger partial charge < -0.3 is 5.11 Å². The van der Waals surface area contributed by atoms with Gasteiger partial charge in [-0.1, -0.05) is 30.3 Å². The van der Waals surface area contributed by atoms with Gasteiger partial charge in [-0.2, -0.15) is 0 Å². The van der Waals surface area contributed by atoms with Gasteiger partial charge in [0.15, 0.2) is 5.82 Å². The van der Waals surface area contributed by atoms with Gasteiger partial charge in [0.2, 0.25) is 0 Å². The van der Waals surface area contributed by atoms with Gasteiger partial charge >= 0.3 is 0 Å². The zero-order chi connectivity index (χ0) is 9.80. The highest BCUT2D eigenvalue weighted by molar-refractivity contribution is 5.53. The fourth-order valence-corrected chi connectivity index (χ4v) is 1.24. The maximum absolute atomic E-state index is 8.79. The van der Waals surface area contributed by atoms with Crippen LogP contribution in [0, 0.1) is 0 Å². The van der Waals surface area contributed by atoms with Gasteiger partial charge in [0.25, 0.3) is 0 Å². The number of hydrogen-bond acceptors (Lipinski definition) is 4. The Morgan fingerprint density at radius 2 is 2.00 bits per heavy atom. The van der Waals surface area contributed by atoms with Crippen LogP contribution in [0.3, 0.4) is 0 Å². The lowest BCUT2D eigenvalue weighted by molar-refractivity contribution is 0.269. The molecule has 0 radical (unpaired) electrons. The minimum atomic E-state index is 0.0326. The number of rotatable bonds is 3. The minimum Gasteiger partial charge on any atom is -0.394 e. The molecule has 0 saturated carbocycles. The third kappa shape index (κ3) is 1.62. The van der Waals surface area contributed by atoms with Gasteiger partial charge in [0.1, 0.15) is 0 Å². The molecule has 0 bridgehead atoms. The molecule has 0 aliphatic rings. The number of aliphatic hydroxyl groups excluding tert-OH is 1. The average molecular weight is 190 g/mol. The molecule has 0 atom stereocenters. The topological polar surface area (TPSA) is 63.8 Å².